The predicted octanol–water partition coefficient (Wildman–Crippen LogP) is 1.13. The van der Waals surface area contributed by atoms with Crippen molar-refractivity contribution in [2.45, 2.75) is 19.3 Å². The standard InChI is InChI=1S/C22H26N4O4S/c1-22(2,17-7-4-3-5-8-17)21(28)26-13-11-25(12-14-26)20(27)18-9-6-10-24-15-16-31(29,30)23-19(18)24/h3-10H,11-16H2,1-2H3. The Morgan fingerprint density at radius 3 is 2.29 bits per heavy atom. The van der Waals surface area contributed by atoms with E-state index in [9.17, 15) is 18.0 Å². The molecule has 0 aliphatic carbocycles. The highest BCUT2D eigenvalue weighted by Gasteiger charge is 2.37. The number of sulfonamides is 1. The second kappa shape index (κ2) is 7.96. The molecule has 0 saturated carbocycles. The lowest BCUT2D eigenvalue weighted by Gasteiger charge is -2.39. The van der Waals surface area contributed by atoms with Crippen LogP contribution in [-0.2, 0) is 25.0 Å². The molecule has 0 radical (unpaired) electrons. The van der Waals surface area contributed by atoms with Gasteiger partial charge < -0.3 is 14.7 Å². The fourth-order valence-electron chi connectivity index (χ4n) is 4.04. The van der Waals surface area contributed by atoms with Gasteiger partial charge >= 0.3 is 0 Å². The zero-order valence-electron chi connectivity index (χ0n) is 17.7. The van der Waals surface area contributed by atoms with Gasteiger partial charge in [-0.2, -0.15) is 0 Å². The average molecular weight is 443 g/mol. The summed E-state index contributed by atoms with van der Waals surface area (Å²) in [6.45, 7) is 5.73. The van der Waals surface area contributed by atoms with E-state index < -0.39 is 15.4 Å². The first kappa shape index (κ1) is 21.3. The molecule has 31 heavy (non-hydrogen) atoms. The van der Waals surface area contributed by atoms with Crippen LogP contribution in [0.3, 0.4) is 0 Å². The highest BCUT2D eigenvalue weighted by molar-refractivity contribution is 7.90. The second-order valence-corrected chi connectivity index (χ2v) is 10.1. The van der Waals surface area contributed by atoms with Crippen molar-refractivity contribution in [2.75, 3.05) is 38.5 Å². The molecule has 1 fully saturated rings. The van der Waals surface area contributed by atoms with Gasteiger partial charge in [0.25, 0.3) is 15.9 Å². The van der Waals surface area contributed by atoms with Crippen LogP contribution in [-0.4, -0.2) is 79.2 Å². The fraction of sp³-hybridized carbons (Fsp3) is 0.409. The number of piperazine rings is 1. The number of hydrogen-bond acceptors (Lipinski definition) is 5. The number of fused-ring (bicyclic) bond motifs is 1. The van der Waals surface area contributed by atoms with Gasteiger partial charge in [0.05, 0.1) is 16.7 Å². The van der Waals surface area contributed by atoms with Crippen molar-refractivity contribution in [2.24, 2.45) is 4.40 Å². The number of rotatable bonds is 3. The van der Waals surface area contributed by atoms with E-state index in [1.807, 2.05) is 44.2 Å². The lowest BCUT2D eigenvalue weighted by molar-refractivity contribution is -0.141. The van der Waals surface area contributed by atoms with E-state index in [0.29, 0.717) is 26.2 Å². The van der Waals surface area contributed by atoms with Crippen LogP contribution in [0.1, 0.15) is 19.4 Å². The van der Waals surface area contributed by atoms with E-state index in [2.05, 4.69) is 4.40 Å². The summed E-state index contributed by atoms with van der Waals surface area (Å²) in [6.07, 6.45) is 5.06. The molecule has 0 N–H and O–H groups in total. The number of hydrogen-bond donors (Lipinski definition) is 0. The quantitative estimate of drug-likeness (QED) is 0.700. The second-order valence-electron chi connectivity index (χ2n) is 8.39. The lowest BCUT2D eigenvalue weighted by atomic mass is 9.83. The molecule has 8 nitrogen and oxygen atoms in total. The Morgan fingerprint density at radius 1 is 0.968 bits per heavy atom. The minimum Gasteiger partial charge on any atom is -0.338 e. The summed E-state index contributed by atoms with van der Waals surface area (Å²) in [5, 5.41) is 0. The number of carbonyl (C=O) groups is 2. The molecule has 1 aromatic rings. The Labute approximate surface area is 182 Å². The van der Waals surface area contributed by atoms with E-state index in [4.69, 9.17) is 0 Å². The molecule has 3 aliphatic rings. The van der Waals surface area contributed by atoms with Crippen LogP contribution in [0.25, 0.3) is 0 Å². The highest BCUT2D eigenvalue weighted by atomic mass is 32.2. The number of amidine groups is 1. The van der Waals surface area contributed by atoms with Crippen LogP contribution >= 0.6 is 0 Å². The van der Waals surface area contributed by atoms with E-state index in [0.717, 1.165) is 5.56 Å². The third-order valence-electron chi connectivity index (χ3n) is 5.97. The van der Waals surface area contributed by atoms with Crippen molar-refractivity contribution < 1.29 is 18.0 Å². The molecule has 1 saturated heterocycles. The van der Waals surface area contributed by atoms with E-state index in [-0.39, 0.29) is 35.5 Å². The van der Waals surface area contributed by atoms with Gasteiger partial charge in [0.15, 0.2) is 5.84 Å². The summed E-state index contributed by atoms with van der Waals surface area (Å²) in [7, 11) is -3.57. The first-order valence-corrected chi connectivity index (χ1v) is 11.9. The molecule has 0 unspecified atom stereocenters. The summed E-state index contributed by atoms with van der Waals surface area (Å²) in [4.78, 5) is 31.4. The zero-order chi connectivity index (χ0) is 22.2. The summed E-state index contributed by atoms with van der Waals surface area (Å²) >= 11 is 0. The molecular weight excluding hydrogens is 416 g/mol. The lowest BCUT2D eigenvalue weighted by Crippen LogP contribution is -2.55. The van der Waals surface area contributed by atoms with Crippen LogP contribution in [0.15, 0.2) is 58.7 Å². The normalized spacial score (nSPS) is 20.6. The van der Waals surface area contributed by atoms with Crippen LogP contribution < -0.4 is 0 Å². The summed E-state index contributed by atoms with van der Waals surface area (Å²) in [5.41, 5.74) is 0.569. The molecule has 0 aromatic heterocycles. The molecule has 2 amide bonds. The third kappa shape index (κ3) is 4.14. The van der Waals surface area contributed by atoms with Crippen LogP contribution in [0.2, 0.25) is 0 Å². The van der Waals surface area contributed by atoms with E-state index >= 15 is 0 Å². The Kier molecular flexibility index (Phi) is 5.47. The van der Waals surface area contributed by atoms with Gasteiger partial charge in [0.2, 0.25) is 5.91 Å². The van der Waals surface area contributed by atoms with Gasteiger partial charge in [0.1, 0.15) is 0 Å². The smallest absolute Gasteiger partial charge is 0.257 e. The minimum absolute atomic E-state index is 0.0274. The van der Waals surface area contributed by atoms with Crippen molar-refractivity contribution in [1.82, 2.24) is 14.7 Å². The van der Waals surface area contributed by atoms with Crippen LogP contribution in [0.5, 0.6) is 0 Å². The Morgan fingerprint density at radius 2 is 1.61 bits per heavy atom. The SMILES string of the molecule is CC(C)(C(=O)N1CCN(C(=O)C2=CC=CN3CCS(=O)(=O)N=C23)CC1)c1ccccc1. The van der Waals surface area contributed by atoms with Gasteiger partial charge in [-0.1, -0.05) is 30.3 Å². The fourth-order valence-corrected chi connectivity index (χ4v) is 5.03. The molecule has 3 aliphatic heterocycles. The Balaban J connectivity index is 1.45. The first-order chi connectivity index (χ1) is 14.7. The molecule has 164 valence electrons. The van der Waals surface area contributed by atoms with Gasteiger partial charge in [-0.05, 0) is 31.6 Å². The number of carbonyl (C=O) groups excluding carboxylic acids is 2. The van der Waals surface area contributed by atoms with Gasteiger partial charge in [-0.3, -0.25) is 9.59 Å². The largest absolute Gasteiger partial charge is 0.338 e. The molecule has 3 heterocycles. The maximum Gasteiger partial charge on any atom is 0.257 e. The number of allylic oxidation sites excluding steroid dienone is 2. The zero-order valence-corrected chi connectivity index (χ0v) is 18.5. The van der Waals surface area contributed by atoms with Gasteiger partial charge in [-0.25, -0.2) is 8.42 Å². The average Bonchev–Trinajstić information content (AvgIpc) is 2.78. The summed E-state index contributed by atoms with van der Waals surface area (Å²) in [5.74, 6) is -0.123. The van der Waals surface area contributed by atoms with Crippen molar-refractivity contribution in [3.8, 4) is 0 Å². The summed E-state index contributed by atoms with van der Waals surface area (Å²) in [6, 6.07) is 9.67. The maximum absolute atomic E-state index is 13.2. The molecule has 1 aromatic carbocycles. The van der Waals surface area contributed by atoms with E-state index in [1.54, 1.807) is 33.1 Å². The van der Waals surface area contributed by atoms with Crippen molar-refractivity contribution in [3.63, 3.8) is 0 Å². The summed E-state index contributed by atoms with van der Waals surface area (Å²) < 4.78 is 27.7. The molecule has 0 spiro atoms. The highest BCUT2D eigenvalue weighted by Crippen LogP contribution is 2.27. The Hall–Kier alpha value is -2.94. The molecule has 4 rings (SSSR count). The number of amides is 2. The van der Waals surface area contributed by atoms with Crippen LogP contribution in [0, 0.1) is 0 Å². The molecular formula is C22H26N4O4S. The van der Waals surface area contributed by atoms with Crippen molar-refractivity contribution in [1.29, 1.82) is 0 Å². The van der Waals surface area contributed by atoms with Crippen LogP contribution in [0.4, 0.5) is 0 Å². The number of nitrogens with zero attached hydrogens (tertiary/aromatic N) is 4. The molecule has 9 heteroatoms. The van der Waals surface area contributed by atoms with E-state index in [1.165, 1.54) is 0 Å². The van der Waals surface area contributed by atoms with Crippen molar-refractivity contribution >= 4 is 27.7 Å². The Bertz CT molecular complexity index is 1080. The maximum atomic E-state index is 13.2. The first-order valence-electron chi connectivity index (χ1n) is 10.3. The van der Waals surface area contributed by atoms with Crippen molar-refractivity contribution in [3.05, 3.63) is 59.8 Å². The number of benzene rings is 1. The van der Waals surface area contributed by atoms with Gasteiger partial charge in [-0.15, -0.1) is 4.40 Å². The third-order valence-corrected chi connectivity index (χ3v) is 7.12. The minimum atomic E-state index is -3.57. The topological polar surface area (TPSA) is 90.4 Å². The molecule has 0 bridgehead atoms. The molecule has 0 atom stereocenters. The predicted molar refractivity (Wildman–Crippen MR) is 118 cm³/mol. The monoisotopic (exact) mass is 442 g/mol. The van der Waals surface area contributed by atoms with Gasteiger partial charge in [0, 0.05) is 38.9 Å².